The molecule has 0 saturated carbocycles. The number of carbonyl (C=O) groups excluding carboxylic acids is 1. The van der Waals surface area contributed by atoms with Crippen molar-refractivity contribution >= 4 is 15.9 Å². The van der Waals surface area contributed by atoms with Crippen LogP contribution in [0.25, 0.3) is 0 Å². The highest BCUT2D eigenvalue weighted by molar-refractivity contribution is 7.89. The molecule has 2 atom stereocenters. The van der Waals surface area contributed by atoms with Crippen LogP contribution in [0.5, 0.6) is 0 Å². The van der Waals surface area contributed by atoms with Crippen LogP contribution in [0.3, 0.4) is 0 Å². The van der Waals surface area contributed by atoms with Gasteiger partial charge in [0.25, 0.3) is 0 Å². The van der Waals surface area contributed by atoms with Gasteiger partial charge >= 0.3 is 0 Å². The van der Waals surface area contributed by atoms with Gasteiger partial charge in [0.1, 0.15) is 0 Å². The molecule has 6 heteroatoms. The SMILES string of the molecule is Cc1ccc(S(=O)(=O)NCCC(=O)N2C[C@H](C)C[C@H](C)C2)cc1. The van der Waals surface area contributed by atoms with Gasteiger partial charge in [-0.2, -0.15) is 0 Å². The summed E-state index contributed by atoms with van der Waals surface area (Å²) < 4.78 is 26.9. The van der Waals surface area contributed by atoms with Gasteiger partial charge in [-0.15, -0.1) is 0 Å². The molecule has 1 saturated heterocycles. The summed E-state index contributed by atoms with van der Waals surface area (Å²) in [5, 5.41) is 0. The van der Waals surface area contributed by atoms with Gasteiger partial charge in [0.15, 0.2) is 0 Å². The van der Waals surface area contributed by atoms with E-state index in [1.807, 2.05) is 11.8 Å². The molecule has 0 aromatic heterocycles. The summed E-state index contributed by atoms with van der Waals surface area (Å²) in [6.45, 7) is 7.88. The number of piperidine rings is 1. The molecule has 1 aromatic carbocycles. The second-order valence-electron chi connectivity index (χ2n) is 6.71. The van der Waals surface area contributed by atoms with Crippen molar-refractivity contribution < 1.29 is 13.2 Å². The van der Waals surface area contributed by atoms with Gasteiger partial charge in [-0.3, -0.25) is 4.79 Å². The number of hydrogen-bond donors (Lipinski definition) is 1. The number of nitrogens with one attached hydrogen (secondary N) is 1. The first-order valence-electron chi connectivity index (χ1n) is 8.12. The summed E-state index contributed by atoms with van der Waals surface area (Å²) in [4.78, 5) is 14.3. The highest BCUT2D eigenvalue weighted by Gasteiger charge is 2.25. The van der Waals surface area contributed by atoms with E-state index in [1.165, 1.54) is 0 Å². The van der Waals surface area contributed by atoms with Crippen molar-refractivity contribution in [1.82, 2.24) is 9.62 Å². The molecule has 1 aromatic rings. The van der Waals surface area contributed by atoms with Crippen LogP contribution in [0.1, 0.15) is 32.3 Å². The van der Waals surface area contributed by atoms with E-state index in [9.17, 15) is 13.2 Å². The molecule has 1 aliphatic rings. The summed E-state index contributed by atoms with van der Waals surface area (Å²) in [5.41, 5.74) is 1.01. The van der Waals surface area contributed by atoms with Gasteiger partial charge in [0.2, 0.25) is 15.9 Å². The summed E-state index contributed by atoms with van der Waals surface area (Å²) in [6, 6.07) is 6.67. The zero-order valence-electron chi connectivity index (χ0n) is 14.1. The normalized spacial score (nSPS) is 22.1. The Kier molecular flexibility index (Phi) is 5.81. The molecule has 0 bridgehead atoms. The highest BCUT2D eigenvalue weighted by Crippen LogP contribution is 2.21. The smallest absolute Gasteiger partial charge is 0.240 e. The van der Waals surface area contributed by atoms with Gasteiger partial charge < -0.3 is 4.90 Å². The van der Waals surface area contributed by atoms with E-state index in [0.29, 0.717) is 11.8 Å². The zero-order chi connectivity index (χ0) is 17.0. The van der Waals surface area contributed by atoms with Crippen LogP contribution in [0.2, 0.25) is 0 Å². The summed E-state index contributed by atoms with van der Waals surface area (Å²) in [6.07, 6.45) is 1.34. The first-order valence-corrected chi connectivity index (χ1v) is 9.60. The predicted octanol–water partition coefficient (Wildman–Crippen LogP) is 2.17. The molecule has 0 radical (unpaired) electrons. The third kappa shape index (κ3) is 5.04. The second-order valence-corrected chi connectivity index (χ2v) is 8.47. The fourth-order valence-electron chi connectivity index (χ4n) is 3.12. The average molecular weight is 338 g/mol. The van der Waals surface area contributed by atoms with Gasteiger partial charge in [-0.25, -0.2) is 13.1 Å². The van der Waals surface area contributed by atoms with Gasteiger partial charge in [-0.1, -0.05) is 31.5 Å². The zero-order valence-corrected chi connectivity index (χ0v) is 14.9. The minimum Gasteiger partial charge on any atom is -0.342 e. The molecule has 0 unspecified atom stereocenters. The Bertz CT molecular complexity index is 630. The van der Waals surface area contributed by atoms with Crippen LogP contribution in [0.4, 0.5) is 0 Å². The van der Waals surface area contributed by atoms with E-state index in [0.717, 1.165) is 25.1 Å². The lowest BCUT2D eigenvalue weighted by atomic mass is 9.92. The quantitative estimate of drug-likeness (QED) is 0.895. The Hall–Kier alpha value is -1.40. The number of hydrogen-bond acceptors (Lipinski definition) is 3. The first-order chi connectivity index (χ1) is 10.8. The lowest BCUT2D eigenvalue weighted by Crippen LogP contribution is -2.43. The summed E-state index contributed by atoms with van der Waals surface area (Å²) >= 11 is 0. The van der Waals surface area contributed by atoms with Gasteiger partial charge in [0.05, 0.1) is 4.90 Å². The van der Waals surface area contributed by atoms with Crippen molar-refractivity contribution in [2.45, 2.75) is 38.5 Å². The monoisotopic (exact) mass is 338 g/mol. The summed E-state index contributed by atoms with van der Waals surface area (Å²) in [7, 11) is -3.55. The number of aryl methyl sites for hydroxylation is 1. The lowest BCUT2D eigenvalue weighted by Gasteiger charge is -2.35. The number of likely N-dealkylation sites (tertiary alicyclic amines) is 1. The molecule has 0 spiro atoms. The predicted molar refractivity (Wildman–Crippen MR) is 90.5 cm³/mol. The Morgan fingerprint density at radius 1 is 1.17 bits per heavy atom. The van der Waals surface area contributed by atoms with Crippen molar-refractivity contribution in [3.05, 3.63) is 29.8 Å². The molecule has 1 heterocycles. The molecule has 2 rings (SSSR count). The maximum Gasteiger partial charge on any atom is 0.240 e. The molecular weight excluding hydrogens is 312 g/mol. The molecule has 0 aliphatic carbocycles. The topological polar surface area (TPSA) is 66.5 Å². The summed E-state index contributed by atoms with van der Waals surface area (Å²) in [5.74, 6) is 1.04. The number of carbonyl (C=O) groups is 1. The van der Waals surface area contributed by atoms with E-state index >= 15 is 0 Å². The van der Waals surface area contributed by atoms with Gasteiger partial charge in [0, 0.05) is 26.1 Å². The van der Waals surface area contributed by atoms with E-state index in [4.69, 9.17) is 0 Å². The second kappa shape index (κ2) is 7.45. The number of sulfonamides is 1. The van der Waals surface area contributed by atoms with Crippen LogP contribution in [-0.4, -0.2) is 38.9 Å². The number of nitrogens with zero attached hydrogens (tertiary/aromatic N) is 1. The average Bonchev–Trinajstić information content (AvgIpc) is 2.46. The number of amides is 1. The first kappa shape index (κ1) is 17.9. The number of rotatable bonds is 5. The van der Waals surface area contributed by atoms with Gasteiger partial charge in [-0.05, 0) is 37.3 Å². The molecule has 1 amide bonds. The fourth-order valence-corrected chi connectivity index (χ4v) is 4.15. The van der Waals surface area contributed by atoms with Crippen LogP contribution >= 0.6 is 0 Å². The van der Waals surface area contributed by atoms with Crippen molar-refractivity contribution in [2.75, 3.05) is 19.6 Å². The van der Waals surface area contributed by atoms with Crippen molar-refractivity contribution in [1.29, 1.82) is 0 Å². The molecule has 1 N–H and O–H groups in total. The van der Waals surface area contributed by atoms with Crippen molar-refractivity contribution in [3.8, 4) is 0 Å². The minimum absolute atomic E-state index is 0.0232. The maximum atomic E-state index is 12.2. The van der Waals surface area contributed by atoms with Crippen LogP contribution < -0.4 is 4.72 Å². The Morgan fingerprint density at radius 2 is 1.74 bits per heavy atom. The van der Waals surface area contributed by atoms with E-state index in [2.05, 4.69) is 18.6 Å². The molecular formula is C17H26N2O3S. The standard InChI is InChI=1S/C17H26N2O3S/c1-13-4-6-16(7-5-13)23(21,22)18-9-8-17(20)19-11-14(2)10-15(3)12-19/h4-7,14-15,18H,8-12H2,1-3H3/t14-,15+. The van der Waals surface area contributed by atoms with Crippen LogP contribution in [0, 0.1) is 18.8 Å². The third-order valence-corrected chi connectivity index (χ3v) is 5.66. The lowest BCUT2D eigenvalue weighted by molar-refractivity contribution is -0.133. The minimum atomic E-state index is -3.55. The Morgan fingerprint density at radius 3 is 2.30 bits per heavy atom. The maximum absolute atomic E-state index is 12.2. The van der Waals surface area contributed by atoms with E-state index in [-0.39, 0.29) is 23.8 Å². The molecule has 1 aliphatic heterocycles. The number of benzene rings is 1. The highest BCUT2D eigenvalue weighted by atomic mass is 32.2. The van der Waals surface area contributed by atoms with E-state index in [1.54, 1.807) is 24.3 Å². The van der Waals surface area contributed by atoms with Crippen LogP contribution in [0.15, 0.2) is 29.2 Å². The fraction of sp³-hybridized carbons (Fsp3) is 0.588. The third-order valence-electron chi connectivity index (χ3n) is 4.18. The van der Waals surface area contributed by atoms with Crippen LogP contribution in [-0.2, 0) is 14.8 Å². The molecule has 1 fully saturated rings. The molecule has 128 valence electrons. The van der Waals surface area contributed by atoms with E-state index < -0.39 is 10.0 Å². The molecule has 23 heavy (non-hydrogen) atoms. The van der Waals surface area contributed by atoms with Crippen molar-refractivity contribution in [3.63, 3.8) is 0 Å². The largest absolute Gasteiger partial charge is 0.342 e. The Balaban J connectivity index is 1.86. The van der Waals surface area contributed by atoms with Crippen molar-refractivity contribution in [2.24, 2.45) is 11.8 Å². The molecule has 5 nitrogen and oxygen atoms in total. The Labute approximate surface area is 139 Å².